The average molecular weight is 635 g/mol. The fourth-order valence-corrected chi connectivity index (χ4v) is 6.89. The number of hydrogen-bond donors (Lipinski definition) is 6. The molecule has 4 aliphatic rings. The summed E-state index contributed by atoms with van der Waals surface area (Å²) in [5.74, 6) is -5.17. The van der Waals surface area contributed by atoms with Gasteiger partial charge in [0, 0.05) is 46.2 Å². The molecule has 46 heavy (non-hydrogen) atoms. The Balaban J connectivity index is 1.63. The number of carboxylic acids is 2. The van der Waals surface area contributed by atoms with Crippen molar-refractivity contribution in [1.29, 1.82) is 0 Å². The van der Waals surface area contributed by atoms with E-state index in [-0.39, 0.29) is 35.1 Å². The van der Waals surface area contributed by atoms with Gasteiger partial charge in [-0.3, -0.25) is 28.8 Å². The SMILES string of the molecule is CC1OC(CC(=O)O)Cc2c1c(O)c1c(O)cc(-c3cc(=O)c4c(=O)c5c(c(=O)c=4c3=O)C(C)OC(CC(=O)O)C5)c(O)c1c2O. The van der Waals surface area contributed by atoms with Gasteiger partial charge in [-0.1, -0.05) is 0 Å². The van der Waals surface area contributed by atoms with Crippen molar-refractivity contribution in [3.8, 4) is 34.1 Å². The molecular formula is C32H26O14. The Morgan fingerprint density at radius 2 is 1.24 bits per heavy atom. The van der Waals surface area contributed by atoms with Crippen LogP contribution in [-0.4, -0.2) is 54.8 Å². The second kappa shape index (κ2) is 10.6. The number of fused-ring (bicyclic) bond motifs is 3. The monoisotopic (exact) mass is 634 g/mol. The Labute approximate surface area is 256 Å². The number of ether oxygens (including phenoxy) is 2. The van der Waals surface area contributed by atoms with E-state index in [4.69, 9.17) is 14.6 Å². The van der Waals surface area contributed by atoms with Gasteiger partial charge in [-0.05, 0) is 26.0 Å². The van der Waals surface area contributed by atoms with E-state index in [9.17, 15) is 54.3 Å². The Bertz CT molecular complexity index is 2300. The van der Waals surface area contributed by atoms with Crippen molar-refractivity contribution in [1.82, 2.24) is 0 Å². The molecule has 2 aromatic rings. The van der Waals surface area contributed by atoms with Crippen molar-refractivity contribution in [3.63, 3.8) is 0 Å². The molecule has 0 saturated heterocycles. The summed E-state index contributed by atoms with van der Waals surface area (Å²) in [6.45, 7) is 2.90. The van der Waals surface area contributed by atoms with Crippen LogP contribution in [0, 0.1) is 10.4 Å². The summed E-state index contributed by atoms with van der Waals surface area (Å²) < 4.78 is 11.3. The number of hydrogen-bond acceptors (Lipinski definition) is 12. The van der Waals surface area contributed by atoms with Gasteiger partial charge >= 0.3 is 11.9 Å². The van der Waals surface area contributed by atoms with Gasteiger partial charge in [-0.25, -0.2) is 0 Å². The summed E-state index contributed by atoms with van der Waals surface area (Å²) in [4.78, 5) is 76.9. The van der Waals surface area contributed by atoms with E-state index in [1.807, 2.05) is 0 Å². The molecule has 2 aliphatic heterocycles. The van der Waals surface area contributed by atoms with E-state index in [1.54, 1.807) is 0 Å². The number of phenols is 4. The van der Waals surface area contributed by atoms with Crippen LogP contribution in [0.4, 0.5) is 0 Å². The van der Waals surface area contributed by atoms with Gasteiger partial charge in [0.25, 0.3) is 0 Å². The molecule has 0 bridgehead atoms. The zero-order valence-corrected chi connectivity index (χ0v) is 24.2. The van der Waals surface area contributed by atoms with Gasteiger partial charge in [-0.15, -0.1) is 0 Å². The van der Waals surface area contributed by atoms with Crippen LogP contribution in [0.3, 0.4) is 0 Å². The lowest BCUT2D eigenvalue weighted by atomic mass is 9.86. The van der Waals surface area contributed by atoms with Crippen LogP contribution in [0.5, 0.6) is 23.0 Å². The first-order valence-corrected chi connectivity index (χ1v) is 14.2. The Morgan fingerprint density at radius 1 is 0.674 bits per heavy atom. The minimum Gasteiger partial charge on any atom is -0.507 e. The molecule has 0 saturated carbocycles. The highest BCUT2D eigenvalue weighted by atomic mass is 16.5. The number of carbonyl (C=O) groups is 2. The van der Waals surface area contributed by atoms with Crippen LogP contribution < -0.4 is 21.7 Å². The van der Waals surface area contributed by atoms with Crippen molar-refractivity contribution >= 4 is 22.7 Å². The first kappa shape index (κ1) is 30.7. The van der Waals surface area contributed by atoms with Gasteiger partial charge in [0.1, 0.15) is 23.0 Å². The standard InChI is InChI=1S/C32H26O14/c1-9-21-16(4-12(45-9)6-20(37)38)30(42)25-24(31(21)43)18(34)8-13(27(25)39)14-7-17(33)23-26(28(14)40)32(44)22-10(2)46-11(5-19(35)36)3-15(22)29(23)41/h7-12,34,39,42-43H,3-6H2,1-2H3,(H,35,36)(H,37,38). The van der Waals surface area contributed by atoms with Crippen molar-refractivity contribution in [3.05, 3.63) is 85.7 Å². The van der Waals surface area contributed by atoms with Crippen LogP contribution >= 0.6 is 0 Å². The van der Waals surface area contributed by atoms with Crippen LogP contribution in [0.1, 0.15) is 61.2 Å². The maximum atomic E-state index is 13.9. The maximum Gasteiger partial charge on any atom is 0.305 e. The zero-order chi connectivity index (χ0) is 33.5. The van der Waals surface area contributed by atoms with E-state index < -0.39 is 126 Å². The lowest BCUT2D eigenvalue weighted by molar-refractivity contribution is -0.143. The summed E-state index contributed by atoms with van der Waals surface area (Å²) >= 11 is 0. The van der Waals surface area contributed by atoms with Crippen molar-refractivity contribution in [2.45, 2.75) is 63.9 Å². The number of rotatable bonds is 5. The molecule has 14 heteroatoms. The second-order valence-corrected chi connectivity index (χ2v) is 11.6. The summed E-state index contributed by atoms with van der Waals surface area (Å²) in [7, 11) is 0. The van der Waals surface area contributed by atoms with E-state index in [0.29, 0.717) is 6.07 Å². The first-order valence-electron chi connectivity index (χ1n) is 14.2. The zero-order valence-electron chi connectivity index (χ0n) is 24.2. The molecule has 6 N–H and O–H groups in total. The molecule has 2 aliphatic carbocycles. The quantitative estimate of drug-likeness (QED) is 0.170. The highest BCUT2D eigenvalue weighted by Gasteiger charge is 2.36. The third-order valence-electron chi connectivity index (χ3n) is 8.72. The number of aliphatic carboxylic acids is 2. The summed E-state index contributed by atoms with van der Waals surface area (Å²) in [5.41, 5.74) is -5.41. The van der Waals surface area contributed by atoms with Crippen LogP contribution in [-0.2, 0) is 31.9 Å². The molecule has 4 atom stereocenters. The van der Waals surface area contributed by atoms with Crippen LogP contribution in [0.2, 0.25) is 0 Å². The molecule has 4 unspecified atom stereocenters. The molecule has 2 heterocycles. The molecular weight excluding hydrogens is 608 g/mol. The number of carboxylic acid groups (broad SMARTS) is 2. The number of phenolic OH excluding ortho intramolecular Hbond substituents is 4. The predicted octanol–water partition coefficient (Wildman–Crippen LogP) is 1.32. The number of benzene rings is 2. The highest BCUT2D eigenvalue weighted by Crippen LogP contribution is 2.53. The van der Waals surface area contributed by atoms with E-state index in [0.717, 1.165) is 6.07 Å². The first-order chi connectivity index (χ1) is 21.6. The molecule has 0 fully saturated rings. The van der Waals surface area contributed by atoms with Crippen LogP contribution in [0.25, 0.3) is 21.9 Å². The Kier molecular flexibility index (Phi) is 7.09. The Morgan fingerprint density at radius 3 is 1.83 bits per heavy atom. The molecule has 0 amide bonds. The number of aromatic hydroxyl groups is 4. The van der Waals surface area contributed by atoms with Gasteiger partial charge in [0.15, 0.2) is 21.7 Å². The van der Waals surface area contributed by atoms with Gasteiger partial charge in [0.2, 0.25) is 0 Å². The van der Waals surface area contributed by atoms with Crippen LogP contribution in [0.15, 0.2) is 31.3 Å². The summed E-state index contributed by atoms with van der Waals surface area (Å²) in [6.07, 6.45) is -5.23. The fourth-order valence-electron chi connectivity index (χ4n) is 6.89. The molecule has 14 nitrogen and oxygen atoms in total. The average Bonchev–Trinajstić information content (AvgIpc) is 2.95. The van der Waals surface area contributed by atoms with E-state index in [1.165, 1.54) is 13.8 Å². The maximum absolute atomic E-state index is 13.9. The lowest BCUT2D eigenvalue weighted by Gasteiger charge is -2.31. The second-order valence-electron chi connectivity index (χ2n) is 11.6. The lowest BCUT2D eigenvalue weighted by Crippen LogP contribution is -2.40. The third-order valence-corrected chi connectivity index (χ3v) is 8.72. The van der Waals surface area contributed by atoms with E-state index in [2.05, 4.69) is 0 Å². The molecule has 2 aromatic carbocycles. The van der Waals surface area contributed by atoms with Gasteiger partial charge < -0.3 is 40.1 Å². The normalized spacial score (nSPS) is 20.8. The molecule has 238 valence electrons. The van der Waals surface area contributed by atoms with Crippen molar-refractivity contribution in [2.24, 2.45) is 0 Å². The minimum atomic E-state index is -1.20. The molecule has 6 rings (SSSR count). The third kappa shape index (κ3) is 4.48. The van der Waals surface area contributed by atoms with Crippen molar-refractivity contribution < 1.29 is 49.7 Å². The highest BCUT2D eigenvalue weighted by molar-refractivity contribution is 6.07. The predicted molar refractivity (Wildman–Crippen MR) is 157 cm³/mol. The molecule has 0 aromatic heterocycles. The summed E-state index contributed by atoms with van der Waals surface area (Å²) in [5, 5.41) is 60.8. The largest absolute Gasteiger partial charge is 0.507 e. The van der Waals surface area contributed by atoms with E-state index >= 15 is 0 Å². The minimum absolute atomic E-state index is 0.0341. The molecule has 0 spiro atoms. The molecule has 0 radical (unpaired) electrons. The topological polar surface area (TPSA) is 242 Å². The van der Waals surface area contributed by atoms with Crippen molar-refractivity contribution in [2.75, 3.05) is 0 Å². The van der Waals surface area contributed by atoms with Gasteiger partial charge in [0.05, 0.1) is 58.5 Å². The summed E-state index contributed by atoms with van der Waals surface area (Å²) in [6, 6.07) is 1.57. The smallest absolute Gasteiger partial charge is 0.305 e. The van der Waals surface area contributed by atoms with Gasteiger partial charge in [-0.2, -0.15) is 0 Å². The fraction of sp³-hybridized carbons (Fsp3) is 0.312. The Hall–Kier alpha value is -5.34.